The van der Waals surface area contributed by atoms with E-state index in [1.54, 1.807) is 18.2 Å². The van der Waals surface area contributed by atoms with E-state index in [0.29, 0.717) is 22.5 Å². The number of carbonyl (C=O) groups is 3. The molecule has 1 saturated heterocycles. The number of benzene rings is 1. The quantitative estimate of drug-likeness (QED) is 0.617. The second-order valence-corrected chi connectivity index (χ2v) is 8.67. The molecule has 0 spiro atoms. The van der Waals surface area contributed by atoms with Gasteiger partial charge in [-0.25, -0.2) is 0 Å². The van der Waals surface area contributed by atoms with Crippen molar-refractivity contribution in [1.82, 2.24) is 4.90 Å². The molecular formula is C20H18Cl2N2O3. The number of nitrogens with zero attached hydrogens (tertiary/aromatic N) is 1. The molecule has 2 bridgehead atoms. The van der Waals surface area contributed by atoms with Gasteiger partial charge in [-0.1, -0.05) is 41.4 Å². The fourth-order valence-corrected chi connectivity index (χ4v) is 5.61. The number of hydrogen-bond donors (Lipinski definition) is 1. The number of hydrogen-bond acceptors (Lipinski definition) is 3. The van der Waals surface area contributed by atoms with Crippen LogP contribution in [-0.4, -0.2) is 29.2 Å². The lowest BCUT2D eigenvalue weighted by Crippen LogP contribution is -2.40. The number of amides is 3. The molecule has 2 saturated carbocycles. The van der Waals surface area contributed by atoms with Crippen LogP contribution in [0.4, 0.5) is 5.69 Å². The van der Waals surface area contributed by atoms with Gasteiger partial charge in [0.1, 0.15) is 0 Å². The van der Waals surface area contributed by atoms with Gasteiger partial charge in [-0.3, -0.25) is 19.3 Å². The summed E-state index contributed by atoms with van der Waals surface area (Å²) in [5.41, 5.74) is 0.421. The molecular weight excluding hydrogens is 387 g/mol. The van der Waals surface area contributed by atoms with Crippen LogP contribution in [0.2, 0.25) is 10.0 Å². The van der Waals surface area contributed by atoms with Gasteiger partial charge in [0.15, 0.2) is 0 Å². The number of anilines is 1. The van der Waals surface area contributed by atoms with Crippen LogP contribution >= 0.6 is 23.2 Å². The summed E-state index contributed by atoms with van der Waals surface area (Å²) in [6.07, 6.45) is 5.46. The summed E-state index contributed by atoms with van der Waals surface area (Å²) in [7, 11) is 0. The molecule has 3 amide bonds. The van der Waals surface area contributed by atoms with Crippen LogP contribution in [0.1, 0.15) is 12.8 Å². The molecule has 3 fully saturated rings. The highest BCUT2D eigenvalue weighted by Gasteiger charge is 2.66. The van der Waals surface area contributed by atoms with Gasteiger partial charge in [-0.15, -0.1) is 0 Å². The zero-order valence-corrected chi connectivity index (χ0v) is 15.9. The summed E-state index contributed by atoms with van der Waals surface area (Å²) in [5.74, 6) is 0.585. The third kappa shape index (κ3) is 2.55. The number of carbonyl (C=O) groups excluding carboxylic acids is 3. The zero-order chi connectivity index (χ0) is 18.9. The molecule has 6 atom stereocenters. The summed E-state index contributed by atoms with van der Waals surface area (Å²) < 4.78 is 0. The van der Waals surface area contributed by atoms with Gasteiger partial charge >= 0.3 is 0 Å². The van der Waals surface area contributed by atoms with Crippen molar-refractivity contribution in [2.75, 3.05) is 11.9 Å². The topological polar surface area (TPSA) is 66.5 Å². The fourth-order valence-electron chi connectivity index (χ4n) is 5.27. The first kappa shape index (κ1) is 17.3. The second kappa shape index (κ2) is 6.08. The predicted octanol–water partition coefficient (Wildman–Crippen LogP) is 3.38. The highest BCUT2D eigenvalue weighted by Crippen LogP contribution is 2.65. The minimum Gasteiger partial charge on any atom is -0.325 e. The molecule has 1 aromatic carbocycles. The smallest absolute Gasteiger partial charge is 0.233 e. The van der Waals surface area contributed by atoms with Crippen molar-refractivity contribution in [3.8, 4) is 0 Å². The average molecular weight is 405 g/mol. The van der Waals surface area contributed by atoms with E-state index in [1.165, 1.54) is 4.90 Å². The highest BCUT2D eigenvalue weighted by molar-refractivity contribution is 6.44. The predicted molar refractivity (Wildman–Crippen MR) is 101 cm³/mol. The van der Waals surface area contributed by atoms with Crippen molar-refractivity contribution in [2.24, 2.45) is 35.5 Å². The Balaban J connectivity index is 1.26. The molecule has 7 heteroatoms. The maximum Gasteiger partial charge on any atom is 0.233 e. The van der Waals surface area contributed by atoms with E-state index in [0.717, 1.165) is 6.42 Å². The van der Waals surface area contributed by atoms with Crippen LogP contribution in [0.3, 0.4) is 0 Å². The number of halogens is 2. The van der Waals surface area contributed by atoms with Crippen LogP contribution in [0, 0.1) is 35.5 Å². The Morgan fingerprint density at radius 3 is 2.33 bits per heavy atom. The molecule has 0 unspecified atom stereocenters. The first-order valence-corrected chi connectivity index (χ1v) is 10.0. The van der Waals surface area contributed by atoms with E-state index < -0.39 is 0 Å². The zero-order valence-electron chi connectivity index (χ0n) is 14.4. The first-order chi connectivity index (χ1) is 13.0. The monoisotopic (exact) mass is 404 g/mol. The number of rotatable bonds is 4. The molecule has 5 nitrogen and oxygen atoms in total. The van der Waals surface area contributed by atoms with Crippen LogP contribution in [-0.2, 0) is 14.4 Å². The molecule has 6 rings (SSSR count). The van der Waals surface area contributed by atoms with Crippen molar-refractivity contribution < 1.29 is 14.4 Å². The normalized spacial score (nSPS) is 35.3. The van der Waals surface area contributed by atoms with Crippen molar-refractivity contribution in [1.29, 1.82) is 0 Å². The third-order valence-corrected chi connectivity index (χ3v) is 7.36. The summed E-state index contributed by atoms with van der Waals surface area (Å²) in [4.78, 5) is 39.3. The van der Waals surface area contributed by atoms with Gasteiger partial charge in [0.25, 0.3) is 0 Å². The van der Waals surface area contributed by atoms with Gasteiger partial charge in [-0.05, 0) is 42.2 Å². The molecule has 1 aromatic rings. The Bertz CT molecular complexity index is 863. The van der Waals surface area contributed by atoms with Gasteiger partial charge in [0, 0.05) is 13.0 Å². The highest BCUT2D eigenvalue weighted by atomic mass is 35.5. The second-order valence-electron chi connectivity index (χ2n) is 7.88. The van der Waals surface area contributed by atoms with Crippen LogP contribution < -0.4 is 5.32 Å². The fraction of sp³-hybridized carbons (Fsp3) is 0.450. The lowest BCUT2D eigenvalue weighted by Gasteiger charge is -2.37. The average Bonchev–Trinajstić information content (AvgIpc) is 3.43. The molecule has 5 aliphatic rings. The van der Waals surface area contributed by atoms with Crippen molar-refractivity contribution in [3.63, 3.8) is 0 Å². The van der Waals surface area contributed by atoms with Crippen molar-refractivity contribution in [2.45, 2.75) is 12.8 Å². The van der Waals surface area contributed by atoms with E-state index in [1.807, 2.05) is 0 Å². The summed E-state index contributed by atoms with van der Waals surface area (Å²) >= 11 is 12.0. The van der Waals surface area contributed by atoms with E-state index >= 15 is 0 Å². The molecule has 140 valence electrons. The van der Waals surface area contributed by atoms with Crippen LogP contribution in [0.25, 0.3) is 0 Å². The summed E-state index contributed by atoms with van der Waals surface area (Å²) in [6.45, 7) is 0.101. The van der Waals surface area contributed by atoms with E-state index in [4.69, 9.17) is 23.2 Å². The molecule has 4 aliphatic carbocycles. The minimum atomic E-state index is -0.307. The number of likely N-dealkylation sites (tertiary alicyclic amines) is 1. The summed E-state index contributed by atoms with van der Waals surface area (Å²) in [6, 6.07) is 4.98. The molecule has 1 N–H and O–H groups in total. The number of nitrogens with one attached hydrogen (secondary N) is 1. The molecule has 27 heavy (non-hydrogen) atoms. The SMILES string of the molecule is O=C(CCN1C(=O)[C@@H]2[C@H]3C=C[C@@H]([C@@H]4C[C@@H]34)[C@@H]2C1=O)Nc1cccc(Cl)c1Cl. The standard InChI is InChI=1S/C20H18Cl2N2O3/c21-13-2-1-3-14(18(13)22)23-15(25)6-7-24-19(26)16-9-4-5-10(12-8-11(9)12)17(16)20(24)27/h1-5,9-12,16-17H,6-8H2,(H,23,25)/t9-,10-,11-,12-,16-,17+/m0/s1. The maximum atomic E-state index is 12.9. The van der Waals surface area contributed by atoms with Gasteiger partial charge in [0.05, 0.1) is 27.6 Å². The maximum absolute atomic E-state index is 12.9. The van der Waals surface area contributed by atoms with Gasteiger partial charge < -0.3 is 5.32 Å². The molecule has 0 radical (unpaired) electrons. The van der Waals surface area contributed by atoms with E-state index in [-0.39, 0.29) is 59.4 Å². The Kier molecular flexibility index (Phi) is 3.89. The Morgan fingerprint density at radius 1 is 1.07 bits per heavy atom. The Hall–Kier alpha value is -1.85. The molecule has 1 aliphatic heterocycles. The minimum absolute atomic E-state index is 0.0371. The van der Waals surface area contributed by atoms with E-state index in [2.05, 4.69) is 17.5 Å². The number of allylic oxidation sites excluding steroid dienone is 2. The Morgan fingerprint density at radius 2 is 1.70 bits per heavy atom. The van der Waals surface area contributed by atoms with Crippen molar-refractivity contribution in [3.05, 3.63) is 40.4 Å². The molecule has 1 heterocycles. The van der Waals surface area contributed by atoms with Crippen molar-refractivity contribution >= 4 is 46.6 Å². The largest absolute Gasteiger partial charge is 0.325 e. The third-order valence-electron chi connectivity index (χ3n) is 6.54. The van der Waals surface area contributed by atoms with Crippen LogP contribution in [0.15, 0.2) is 30.4 Å². The lowest BCUT2D eigenvalue weighted by atomic mass is 9.63. The Labute approximate surface area is 166 Å². The first-order valence-electron chi connectivity index (χ1n) is 9.25. The van der Waals surface area contributed by atoms with Gasteiger partial charge in [-0.2, -0.15) is 0 Å². The molecule has 0 aromatic heterocycles. The van der Waals surface area contributed by atoms with Crippen LogP contribution in [0.5, 0.6) is 0 Å². The summed E-state index contributed by atoms with van der Waals surface area (Å²) in [5, 5.41) is 3.32. The van der Waals surface area contributed by atoms with E-state index in [9.17, 15) is 14.4 Å². The lowest BCUT2D eigenvalue weighted by molar-refractivity contribution is -0.140. The van der Waals surface area contributed by atoms with Gasteiger partial charge in [0.2, 0.25) is 17.7 Å². The number of imide groups is 1.